The van der Waals surface area contributed by atoms with E-state index in [9.17, 15) is 4.79 Å². The topological polar surface area (TPSA) is 103 Å². The van der Waals surface area contributed by atoms with Crippen molar-refractivity contribution >= 4 is 23.2 Å². The van der Waals surface area contributed by atoms with E-state index in [-0.39, 0.29) is 12.1 Å². The minimum absolute atomic E-state index is 0.201. The van der Waals surface area contributed by atoms with E-state index in [1.54, 1.807) is 6.07 Å². The Morgan fingerprint density at radius 3 is 2.71 bits per heavy atom. The molecule has 2 rings (SSSR count). The van der Waals surface area contributed by atoms with Crippen molar-refractivity contribution in [1.82, 2.24) is 10.2 Å². The molecule has 2 aromatic rings. The van der Waals surface area contributed by atoms with Crippen molar-refractivity contribution in [2.24, 2.45) is 5.73 Å². The van der Waals surface area contributed by atoms with Crippen molar-refractivity contribution in [3.63, 3.8) is 0 Å². The van der Waals surface area contributed by atoms with E-state index in [2.05, 4.69) is 15.5 Å². The number of nitrogens with zero attached hydrogens (tertiary/aromatic N) is 2. The number of benzene rings is 1. The number of carbonyl (C=O) groups excluding carboxylic acids is 1. The Morgan fingerprint density at radius 1 is 1.43 bits per heavy atom. The molecule has 1 aromatic carbocycles. The summed E-state index contributed by atoms with van der Waals surface area (Å²) in [6, 6.07) is 3.08. The minimum Gasteiger partial charge on any atom is -0.494 e. The Balaban J connectivity index is 2.24. The highest BCUT2D eigenvalue weighted by atomic mass is 35.5. The summed E-state index contributed by atoms with van der Waals surface area (Å²) in [5.74, 6) is 0.683. The second kappa shape index (κ2) is 6.45. The van der Waals surface area contributed by atoms with E-state index in [1.807, 2.05) is 6.92 Å². The van der Waals surface area contributed by atoms with Crippen LogP contribution in [-0.2, 0) is 13.0 Å². The highest BCUT2D eigenvalue weighted by Gasteiger charge is 2.16. The fourth-order valence-corrected chi connectivity index (χ4v) is 2.02. The van der Waals surface area contributed by atoms with Gasteiger partial charge in [-0.05, 0) is 12.1 Å². The number of hydrogen-bond acceptors (Lipinski definition) is 6. The fourth-order valence-electron chi connectivity index (χ4n) is 1.80. The van der Waals surface area contributed by atoms with Crippen molar-refractivity contribution < 1.29 is 13.9 Å². The Bertz CT molecular complexity index is 657. The van der Waals surface area contributed by atoms with Gasteiger partial charge in [0.1, 0.15) is 0 Å². The summed E-state index contributed by atoms with van der Waals surface area (Å²) in [4.78, 5) is 11.4. The zero-order chi connectivity index (χ0) is 15.4. The lowest BCUT2D eigenvalue weighted by Gasteiger charge is -2.13. The molecule has 0 unspecified atom stereocenters. The van der Waals surface area contributed by atoms with Gasteiger partial charge in [0, 0.05) is 11.4 Å². The van der Waals surface area contributed by atoms with E-state index < -0.39 is 5.91 Å². The summed E-state index contributed by atoms with van der Waals surface area (Å²) >= 11 is 5.98. The largest absolute Gasteiger partial charge is 0.494 e. The Hall–Kier alpha value is -2.28. The SMILES string of the molecule is CCc1nnc(CNc2cc(Cl)cc(C(N)=O)c2OC)o1. The first-order chi connectivity index (χ1) is 10.0. The molecule has 1 aromatic heterocycles. The first kappa shape index (κ1) is 15.1. The quantitative estimate of drug-likeness (QED) is 0.846. The van der Waals surface area contributed by atoms with Crippen LogP contribution in [0, 0.1) is 0 Å². The van der Waals surface area contributed by atoms with Crippen molar-refractivity contribution in [2.45, 2.75) is 19.9 Å². The first-order valence-electron chi connectivity index (χ1n) is 6.27. The number of anilines is 1. The van der Waals surface area contributed by atoms with Gasteiger partial charge >= 0.3 is 0 Å². The normalized spacial score (nSPS) is 10.4. The maximum absolute atomic E-state index is 11.4. The van der Waals surface area contributed by atoms with Crippen LogP contribution in [0.5, 0.6) is 5.75 Å². The van der Waals surface area contributed by atoms with Crippen LogP contribution in [0.4, 0.5) is 5.69 Å². The van der Waals surface area contributed by atoms with Gasteiger partial charge in [0.2, 0.25) is 11.8 Å². The average Bonchev–Trinajstić information content (AvgIpc) is 2.92. The number of halogens is 1. The minimum atomic E-state index is -0.622. The van der Waals surface area contributed by atoms with Gasteiger partial charge in [0.25, 0.3) is 5.91 Å². The number of methoxy groups -OCH3 is 1. The highest BCUT2D eigenvalue weighted by Crippen LogP contribution is 2.32. The fraction of sp³-hybridized carbons (Fsp3) is 0.308. The predicted molar refractivity (Wildman–Crippen MR) is 77.5 cm³/mol. The van der Waals surface area contributed by atoms with Gasteiger partial charge in [0.15, 0.2) is 5.75 Å². The molecule has 8 heteroatoms. The van der Waals surface area contributed by atoms with Crippen molar-refractivity contribution in [3.8, 4) is 5.75 Å². The molecule has 0 aliphatic rings. The van der Waals surface area contributed by atoms with Gasteiger partial charge in [-0.25, -0.2) is 0 Å². The molecule has 0 aliphatic carbocycles. The number of carbonyl (C=O) groups is 1. The van der Waals surface area contributed by atoms with E-state index in [0.717, 1.165) is 0 Å². The molecule has 0 saturated heterocycles. The molecular weight excluding hydrogens is 296 g/mol. The Labute approximate surface area is 126 Å². The van der Waals surface area contributed by atoms with Crippen LogP contribution in [0.15, 0.2) is 16.5 Å². The average molecular weight is 311 g/mol. The molecule has 1 heterocycles. The standard InChI is InChI=1S/C13H15ClN4O3/c1-3-10-17-18-11(21-10)6-16-9-5-7(14)4-8(13(15)19)12(9)20-2/h4-5,16H,3,6H2,1-2H3,(H2,15,19). The summed E-state index contributed by atoms with van der Waals surface area (Å²) < 4.78 is 10.6. The summed E-state index contributed by atoms with van der Waals surface area (Å²) in [6.45, 7) is 2.20. The van der Waals surface area contributed by atoms with Crippen molar-refractivity contribution in [3.05, 3.63) is 34.5 Å². The lowest BCUT2D eigenvalue weighted by atomic mass is 10.1. The summed E-state index contributed by atoms with van der Waals surface area (Å²) in [6.07, 6.45) is 0.666. The second-order valence-electron chi connectivity index (χ2n) is 4.20. The second-order valence-corrected chi connectivity index (χ2v) is 4.63. The third kappa shape index (κ3) is 3.43. The molecule has 1 amide bonds. The van der Waals surface area contributed by atoms with Crippen LogP contribution < -0.4 is 15.8 Å². The predicted octanol–water partition coefficient (Wildman–Crippen LogP) is 2.00. The van der Waals surface area contributed by atoms with E-state index in [4.69, 9.17) is 26.5 Å². The number of primary amides is 1. The number of aromatic nitrogens is 2. The van der Waals surface area contributed by atoms with Crippen LogP contribution in [-0.4, -0.2) is 23.2 Å². The van der Waals surface area contributed by atoms with Gasteiger partial charge in [-0.2, -0.15) is 0 Å². The monoisotopic (exact) mass is 310 g/mol. The summed E-state index contributed by atoms with van der Waals surface area (Å²) in [7, 11) is 1.45. The van der Waals surface area contributed by atoms with Gasteiger partial charge in [0.05, 0.1) is 24.9 Å². The molecule has 0 atom stereocenters. The first-order valence-corrected chi connectivity index (χ1v) is 6.65. The lowest BCUT2D eigenvalue weighted by molar-refractivity contribution is 0.0997. The summed E-state index contributed by atoms with van der Waals surface area (Å²) in [5, 5.41) is 11.2. The van der Waals surface area contributed by atoms with Crippen LogP contribution in [0.25, 0.3) is 0 Å². The molecule has 0 radical (unpaired) electrons. The third-order valence-corrected chi connectivity index (χ3v) is 2.98. The number of ether oxygens (including phenoxy) is 1. The molecule has 0 fully saturated rings. The van der Waals surface area contributed by atoms with Crippen LogP contribution >= 0.6 is 11.6 Å². The van der Waals surface area contributed by atoms with Crippen LogP contribution in [0.3, 0.4) is 0 Å². The molecule has 112 valence electrons. The summed E-state index contributed by atoms with van der Waals surface area (Å²) in [5.41, 5.74) is 6.03. The molecular formula is C13H15ClN4O3. The van der Waals surface area contributed by atoms with E-state index >= 15 is 0 Å². The zero-order valence-corrected chi connectivity index (χ0v) is 12.4. The molecule has 0 spiro atoms. The Kier molecular flexibility index (Phi) is 4.64. The number of amides is 1. The molecule has 0 bridgehead atoms. The number of hydrogen-bond donors (Lipinski definition) is 2. The number of aryl methyl sites for hydroxylation is 1. The maximum Gasteiger partial charge on any atom is 0.252 e. The molecule has 7 nitrogen and oxygen atoms in total. The lowest BCUT2D eigenvalue weighted by Crippen LogP contribution is -2.14. The molecule has 3 N–H and O–H groups in total. The van der Waals surface area contributed by atoms with E-state index in [0.29, 0.717) is 34.7 Å². The van der Waals surface area contributed by atoms with Crippen molar-refractivity contribution in [1.29, 1.82) is 0 Å². The van der Waals surface area contributed by atoms with Gasteiger partial charge < -0.3 is 20.2 Å². The van der Waals surface area contributed by atoms with Crippen LogP contribution in [0.1, 0.15) is 29.1 Å². The van der Waals surface area contributed by atoms with Gasteiger partial charge in [-0.15, -0.1) is 10.2 Å². The highest BCUT2D eigenvalue weighted by molar-refractivity contribution is 6.31. The van der Waals surface area contributed by atoms with Gasteiger partial charge in [-0.3, -0.25) is 4.79 Å². The number of rotatable bonds is 6. The smallest absolute Gasteiger partial charge is 0.252 e. The number of nitrogens with one attached hydrogen (secondary N) is 1. The Morgan fingerprint density at radius 2 is 2.14 bits per heavy atom. The van der Waals surface area contributed by atoms with Crippen molar-refractivity contribution in [2.75, 3.05) is 12.4 Å². The molecule has 0 saturated carbocycles. The van der Waals surface area contributed by atoms with E-state index in [1.165, 1.54) is 13.2 Å². The zero-order valence-electron chi connectivity index (χ0n) is 11.6. The number of nitrogens with two attached hydrogens (primary N) is 1. The van der Waals surface area contributed by atoms with Crippen LogP contribution in [0.2, 0.25) is 5.02 Å². The molecule has 21 heavy (non-hydrogen) atoms. The van der Waals surface area contributed by atoms with Gasteiger partial charge in [-0.1, -0.05) is 18.5 Å². The third-order valence-electron chi connectivity index (χ3n) is 2.76. The molecule has 0 aliphatic heterocycles. The maximum atomic E-state index is 11.4.